The van der Waals surface area contributed by atoms with Crippen LogP contribution in [0.1, 0.15) is 0 Å². The zero-order valence-corrected chi connectivity index (χ0v) is 18.7. The topological polar surface area (TPSA) is 73.0 Å². The van der Waals surface area contributed by atoms with E-state index < -0.39 is 0 Å². The molecule has 3 saturated heterocycles. The molecule has 1 aromatic carbocycles. The minimum atomic E-state index is -0.384. The van der Waals surface area contributed by atoms with Gasteiger partial charge in [0.15, 0.2) is 0 Å². The molecule has 33 heavy (non-hydrogen) atoms. The average Bonchev–Trinajstić information content (AvgIpc) is 3.34. The highest BCUT2D eigenvalue weighted by Gasteiger charge is 2.31. The van der Waals surface area contributed by atoms with Crippen LogP contribution in [0.3, 0.4) is 0 Å². The number of nitrogens with one attached hydrogen (secondary N) is 2. The van der Waals surface area contributed by atoms with Crippen LogP contribution in [0.4, 0.5) is 10.1 Å². The van der Waals surface area contributed by atoms with Crippen LogP contribution in [0, 0.1) is 5.82 Å². The summed E-state index contributed by atoms with van der Waals surface area (Å²) in [5.41, 5.74) is 4.71. The van der Waals surface area contributed by atoms with Crippen molar-refractivity contribution in [1.29, 1.82) is 0 Å². The molecule has 4 aromatic rings. The number of fused-ring (bicyclic) bond motifs is 4. The van der Waals surface area contributed by atoms with Gasteiger partial charge in [-0.15, -0.1) is 0 Å². The van der Waals surface area contributed by atoms with Gasteiger partial charge in [0.1, 0.15) is 11.5 Å². The molecule has 0 radical (unpaired) electrons. The third kappa shape index (κ3) is 3.94. The Morgan fingerprint density at radius 3 is 2.76 bits per heavy atom. The molecule has 0 saturated carbocycles. The summed E-state index contributed by atoms with van der Waals surface area (Å²) >= 11 is 6.09. The first-order chi connectivity index (χ1) is 16.1. The van der Waals surface area contributed by atoms with Crippen molar-refractivity contribution in [3.8, 4) is 22.5 Å². The van der Waals surface area contributed by atoms with Crippen LogP contribution in [0.25, 0.3) is 33.5 Å². The molecule has 2 N–H and O–H groups in total. The number of piperazine rings is 3. The lowest BCUT2D eigenvalue weighted by Crippen LogP contribution is -2.62. The van der Waals surface area contributed by atoms with E-state index >= 15 is 0 Å². The highest BCUT2D eigenvalue weighted by Crippen LogP contribution is 2.33. The molecule has 7 nitrogen and oxygen atoms in total. The number of aromatic amines is 1. The molecule has 0 aliphatic carbocycles. The minimum Gasteiger partial charge on any atom is -0.382 e. The predicted octanol–water partition coefficient (Wildman–Crippen LogP) is 3.89. The monoisotopic (exact) mass is 463 g/mol. The molecule has 1 unspecified atom stereocenters. The molecule has 3 aromatic heterocycles. The van der Waals surface area contributed by atoms with Crippen LogP contribution in [-0.4, -0.2) is 75.3 Å². The Morgan fingerprint density at radius 1 is 1.06 bits per heavy atom. The summed E-state index contributed by atoms with van der Waals surface area (Å²) in [6.07, 6.45) is 3.58. The lowest BCUT2D eigenvalue weighted by atomic mass is 10.0. The molecular formula is C24H23ClFN7. The normalized spacial score (nSPS) is 22.1. The summed E-state index contributed by atoms with van der Waals surface area (Å²) in [7, 11) is 0. The van der Waals surface area contributed by atoms with Crippen molar-refractivity contribution < 1.29 is 4.39 Å². The summed E-state index contributed by atoms with van der Waals surface area (Å²) in [5, 5.41) is 11.1. The van der Waals surface area contributed by atoms with Gasteiger partial charge >= 0.3 is 0 Å². The standard InChI is InChI=1S/C24H23ClFN7/c25-15-1-2-20(26)18(9-15)24-19(13-29-31-24)21-3-4-22-23(30-21)10-16(11-28-22)27-12-17-14-32-5-7-33(17)8-6-32/h1-4,9-11,13,17,27H,5-8,12,14H2,(H,29,31). The van der Waals surface area contributed by atoms with Gasteiger partial charge < -0.3 is 5.32 Å². The number of pyridine rings is 2. The lowest BCUT2D eigenvalue weighted by Gasteiger charge is -2.47. The Kier molecular flexibility index (Phi) is 5.21. The number of nitrogens with zero attached hydrogens (tertiary/aromatic N) is 5. The summed E-state index contributed by atoms with van der Waals surface area (Å²) in [5.74, 6) is -0.384. The number of H-pyrrole nitrogens is 1. The molecule has 168 valence electrons. The summed E-state index contributed by atoms with van der Waals surface area (Å²) in [6, 6.07) is 10.8. The highest BCUT2D eigenvalue weighted by molar-refractivity contribution is 6.30. The van der Waals surface area contributed by atoms with Crippen LogP contribution < -0.4 is 5.32 Å². The molecule has 3 fully saturated rings. The van der Waals surface area contributed by atoms with E-state index in [-0.39, 0.29) is 5.82 Å². The van der Waals surface area contributed by atoms with E-state index in [9.17, 15) is 4.39 Å². The quantitative estimate of drug-likeness (QED) is 0.468. The Hall–Kier alpha value is -3.07. The third-order valence-electron chi connectivity index (χ3n) is 6.57. The van der Waals surface area contributed by atoms with E-state index in [4.69, 9.17) is 16.6 Å². The molecule has 3 aliphatic heterocycles. The van der Waals surface area contributed by atoms with E-state index in [1.807, 2.05) is 24.4 Å². The predicted molar refractivity (Wildman–Crippen MR) is 128 cm³/mol. The van der Waals surface area contributed by atoms with Gasteiger partial charge in [-0.25, -0.2) is 9.37 Å². The van der Waals surface area contributed by atoms with Crippen LogP contribution in [0.2, 0.25) is 5.02 Å². The zero-order chi connectivity index (χ0) is 22.4. The van der Waals surface area contributed by atoms with Crippen molar-refractivity contribution in [2.45, 2.75) is 6.04 Å². The molecule has 3 aliphatic rings. The van der Waals surface area contributed by atoms with Gasteiger partial charge in [0.2, 0.25) is 0 Å². The number of rotatable bonds is 5. The van der Waals surface area contributed by atoms with Gasteiger partial charge in [-0.05, 0) is 36.4 Å². The average molecular weight is 464 g/mol. The second-order valence-electron chi connectivity index (χ2n) is 8.60. The van der Waals surface area contributed by atoms with Crippen molar-refractivity contribution in [1.82, 2.24) is 30.0 Å². The fourth-order valence-electron chi connectivity index (χ4n) is 4.78. The summed E-state index contributed by atoms with van der Waals surface area (Å²) < 4.78 is 14.5. The first-order valence-electron chi connectivity index (χ1n) is 11.1. The number of hydrogen-bond donors (Lipinski definition) is 2. The van der Waals surface area contributed by atoms with Crippen molar-refractivity contribution >= 4 is 28.3 Å². The van der Waals surface area contributed by atoms with E-state index in [0.29, 0.717) is 33.6 Å². The Bertz CT molecular complexity index is 1320. The van der Waals surface area contributed by atoms with E-state index in [1.165, 1.54) is 25.2 Å². The molecule has 1 atom stereocenters. The smallest absolute Gasteiger partial charge is 0.132 e. The molecule has 0 spiro atoms. The van der Waals surface area contributed by atoms with E-state index in [0.717, 1.165) is 42.9 Å². The fraction of sp³-hybridized carbons (Fsp3) is 0.292. The van der Waals surface area contributed by atoms with Gasteiger partial charge in [-0.1, -0.05) is 11.6 Å². The maximum atomic E-state index is 14.5. The number of aromatic nitrogens is 4. The summed E-state index contributed by atoms with van der Waals surface area (Å²) in [6.45, 7) is 6.63. The third-order valence-corrected chi connectivity index (χ3v) is 6.81. The maximum Gasteiger partial charge on any atom is 0.132 e. The second kappa shape index (κ2) is 8.37. The minimum absolute atomic E-state index is 0.335. The second-order valence-corrected chi connectivity index (χ2v) is 9.04. The van der Waals surface area contributed by atoms with Crippen LogP contribution in [0.15, 0.2) is 48.8 Å². The number of benzene rings is 1. The summed E-state index contributed by atoms with van der Waals surface area (Å²) in [4.78, 5) is 14.5. The van der Waals surface area contributed by atoms with Crippen LogP contribution >= 0.6 is 11.6 Å². The van der Waals surface area contributed by atoms with Crippen molar-refractivity contribution in [2.24, 2.45) is 0 Å². The first-order valence-corrected chi connectivity index (χ1v) is 11.5. The number of hydrogen-bond acceptors (Lipinski definition) is 6. The number of anilines is 1. The lowest BCUT2D eigenvalue weighted by molar-refractivity contribution is 0.0189. The highest BCUT2D eigenvalue weighted by atomic mass is 35.5. The zero-order valence-electron chi connectivity index (χ0n) is 17.9. The van der Waals surface area contributed by atoms with Crippen LogP contribution in [-0.2, 0) is 0 Å². The Labute approximate surface area is 195 Å². The van der Waals surface area contributed by atoms with Crippen molar-refractivity contribution in [3.63, 3.8) is 0 Å². The van der Waals surface area contributed by atoms with Crippen LogP contribution in [0.5, 0.6) is 0 Å². The number of halogens is 2. The van der Waals surface area contributed by atoms with E-state index in [2.05, 4.69) is 30.3 Å². The van der Waals surface area contributed by atoms with Gasteiger partial charge in [-0.2, -0.15) is 5.10 Å². The first kappa shape index (κ1) is 20.5. The maximum absolute atomic E-state index is 14.5. The molecule has 0 amide bonds. The SMILES string of the molecule is Fc1ccc(Cl)cc1-c1n[nH]cc1-c1ccc2ncc(NCC3CN4CCN3CC4)cc2n1. The van der Waals surface area contributed by atoms with Gasteiger partial charge in [0, 0.05) is 67.7 Å². The van der Waals surface area contributed by atoms with Crippen molar-refractivity contribution in [3.05, 3.63) is 59.6 Å². The molecular weight excluding hydrogens is 441 g/mol. The molecule has 9 heteroatoms. The molecule has 2 bridgehead atoms. The van der Waals surface area contributed by atoms with Gasteiger partial charge in [-0.3, -0.25) is 19.9 Å². The van der Waals surface area contributed by atoms with Gasteiger partial charge in [0.25, 0.3) is 0 Å². The largest absolute Gasteiger partial charge is 0.382 e. The fourth-order valence-corrected chi connectivity index (χ4v) is 4.95. The Balaban J connectivity index is 1.28. The van der Waals surface area contributed by atoms with E-state index in [1.54, 1.807) is 12.3 Å². The van der Waals surface area contributed by atoms with Crippen molar-refractivity contribution in [2.75, 3.05) is 44.6 Å². The molecule has 7 rings (SSSR count). The van der Waals surface area contributed by atoms with Gasteiger partial charge in [0.05, 0.1) is 28.6 Å². The Morgan fingerprint density at radius 2 is 1.94 bits per heavy atom. The molecule has 6 heterocycles.